The van der Waals surface area contributed by atoms with E-state index in [4.69, 9.17) is 4.74 Å². The number of rotatable bonds is 5. The van der Waals surface area contributed by atoms with E-state index in [1.54, 1.807) is 12.4 Å². The van der Waals surface area contributed by atoms with Crippen molar-refractivity contribution in [3.63, 3.8) is 0 Å². The number of halogens is 2. The van der Waals surface area contributed by atoms with Crippen LogP contribution in [-0.2, 0) is 9.53 Å². The van der Waals surface area contributed by atoms with E-state index < -0.39 is 0 Å². The van der Waals surface area contributed by atoms with Gasteiger partial charge in [-0.3, -0.25) is 9.69 Å². The molecule has 4 saturated carbocycles. The zero-order valence-corrected chi connectivity index (χ0v) is 18.5. The Morgan fingerprint density at radius 3 is 2.07 bits per heavy atom. The highest BCUT2D eigenvalue weighted by atomic mass is 35.5. The number of ether oxygens (including phenoxy) is 1. The maximum Gasteiger partial charge on any atom is 0.312 e. The van der Waals surface area contributed by atoms with E-state index in [1.165, 1.54) is 19.3 Å². The average Bonchev–Trinajstić information content (AvgIpc) is 2.68. The smallest absolute Gasteiger partial charge is 0.312 e. The Morgan fingerprint density at radius 2 is 1.52 bits per heavy atom. The number of carbonyl (C=O) groups excluding carboxylic acids is 1. The van der Waals surface area contributed by atoms with Crippen LogP contribution in [0.25, 0.3) is 0 Å². The van der Waals surface area contributed by atoms with Gasteiger partial charge in [0.1, 0.15) is 6.61 Å². The summed E-state index contributed by atoms with van der Waals surface area (Å²) in [6, 6.07) is 1.85. The van der Waals surface area contributed by atoms with Gasteiger partial charge >= 0.3 is 5.97 Å². The molecule has 29 heavy (non-hydrogen) atoms. The van der Waals surface area contributed by atoms with Gasteiger partial charge in [-0.15, -0.1) is 24.8 Å². The van der Waals surface area contributed by atoms with E-state index in [0.29, 0.717) is 6.61 Å². The fourth-order valence-corrected chi connectivity index (χ4v) is 6.41. The largest absolute Gasteiger partial charge is 0.464 e. The van der Waals surface area contributed by atoms with E-state index in [1.807, 2.05) is 6.07 Å². The Morgan fingerprint density at radius 1 is 0.966 bits per heavy atom. The van der Waals surface area contributed by atoms with Gasteiger partial charge in [0.05, 0.1) is 5.41 Å². The van der Waals surface area contributed by atoms with Crippen molar-refractivity contribution in [1.82, 2.24) is 14.9 Å². The highest BCUT2D eigenvalue weighted by Crippen LogP contribution is 2.60. The third kappa shape index (κ3) is 4.64. The molecule has 1 aromatic heterocycles. The van der Waals surface area contributed by atoms with Crippen LogP contribution in [0.15, 0.2) is 18.5 Å². The predicted octanol–water partition coefficient (Wildman–Crippen LogP) is 3.20. The molecule has 6 rings (SSSR count). The van der Waals surface area contributed by atoms with Gasteiger partial charge in [-0.05, 0) is 62.3 Å². The van der Waals surface area contributed by atoms with Crippen molar-refractivity contribution in [2.75, 3.05) is 44.2 Å². The summed E-state index contributed by atoms with van der Waals surface area (Å²) in [6.45, 7) is 5.14. The molecule has 0 N–H and O–H groups in total. The van der Waals surface area contributed by atoms with E-state index in [0.717, 1.165) is 75.7 Å². The molecule has 4 aliphatic carbocycles. The average molecular weight is 443 g/mol. The second kappa shape index (κ2) is 9.36. The second-order valence-corrected chi connectivity index (χ2v) is 9.21. The van der Waals surface area contributed by atoms with Gasteiger partial charge in [-0.25, -0.2) is 9.97 Å². The van der Waals surface area contributed by atoms with Crippen LogP contribution in [0, 0.1) is 23.2 Å². The Balaban J connectivity index is 0.00000120. The third-order valence-electron chi connectivity index (χ3n) is 7.32. The minimum absolute atomic E-state index is 0. The zero-order chi connectivity index (χ0) is 18.3. The van der Waals surface area contributed by atoms with Crippen LogP contribution >= 0.6 is 24.8 Å². The first-order valence-electron chi connectivity index (χ1n) is 10.6. The molecule has 8 heteroatoms. The summed E-state index contributed by atoms with van der Waals surface area (Å²) in [7, 11) is 0. The van der Waals surface area contributed by atoms with Gasteiger partial charge in [0.25, 0.3) is 0 Å². The van der Waals surface area contributed by atoms with Crippen molar-refractivity contribution >= 4 is 36.7 Å². The summed E-state index contributed by atoms with van der Waals surface area (Å²) >= 11 is 0. The summed E-state index contributed by atoms with van der Waals surface area (Å²) in [5.41, 5.74) is -0.127. The number of nitrogens with zero attached hydrogens (tertiary/aromatic N) is 4. The Hall–Kier alpha value is -1.11. The lowest BCUT2D eigenvalue weighted by atomic mass is 9.49. The molecule has 0 amide bonds. The highest BCUT2D eigenvalue weighted by molar-refractivity contribution is 5.85. The van der Waals surface area contributed by atoms with E-state index in [-0.39, 0.29) is 36.2 Å². The van der Waals surface area contributed by atoms with Crippen LogP contribution < -0.4 is 4.90 Å². The van der Waals surface area contributed by atoms with Gasteiger partial charge in [-0.2, -0.15) is 0 Å². The van der Waals surface area contributed by atoms with Gasteiger partial charge in [0.2, 0.25) is 5.95 Å². The predicted molar refractivity (Wildman–Crippen MR) is 117 cm³/mol. The Kier molecular flexibility index (Phi) is 7.28. The molecule has 0 aromatic carbocycles. The van der Waals surface area contributed by atoms with Crippen molar-refractivity contribution in [1.29, 1.82) is 0 Å². The fraction of sp³-hybridized carbons (Fsp3) is 0.762. The molecule has 2 heterocycles. The summed E-state index contributed by atoms with van der Waals surface area (Å²) in [4.78, 5) is 26.2. The van der Waals surface area contributed by atoms with Crippen molar-refractivity contribution in [3.8, 4) is 0 Å². The topological polar surface area (TPSA) is 58.6 Å². The van der Waals surface area contributed by atoms with E-state index in [2.05, 4.69) is 19.8 Å². The SMILES string of the molecule is Cl.Cl.O=C(OCCN1CCN(c2ncccn2)CC1)C12CC3CC(CC(C3)C1)C2. The van der Waals surface area contributed by atoms with Gasteiger partial charge in [0, 0.05) is 45.1 Å². The Bertz CT molecular complexity index is 647. The number of anilines is 1. The quantitative estimate of drug-likeness (QED) is 0.652. The molecule has 162 valence electrons. The summed E-state index contributed by atoms with van der Waals surface area (Å²) in [6.07, 6.45) is 10.9. The van der Waals surface area contributed by atoms with Crippen molar-refractivity contribution in [2.24, 2.45) is 23.2 Å². The molecule has 5 aliphatic rings. The number of hydrogen-bond acceptors (Lipinski definition) is 6. The number of piperazine rings is 1. The van der Waals surface area contributed by atoms with Crippen LogP contribution in [0.4, 0.5) is 5.95 Å². The molecular weight excluding hydrogens is 411 g/mol. The first-order chi connectivity index (χ1) is 13.2. The van der Waals surface area contributed by atoms with Crippen LogP contribution in [0.2, 0.25) is 0 Å². The maximum absolute atomic E-state index is 12.9. The molecule has 0 atom stereocenters. The molecular formula is C21H32Cl2N4O2. The molecule has 4 bridgehead atoms. The molecule has 0 radical (unpaired) electrons. The molecule has 1 aromatic rings. The van der Waals surface area contributed by atoms with Crippen molar-refractivity contribution in [2.45, 2.75) is 38.5 Å². The van der Waals surface area contributed by atoms with Crippen LogP contribution in [0.3, 0.4) is 0 Å². The third-order valence-corrected chi connectivity index (χ3v) is 7.32. The normalized spacial score (nSPS) is 33.0. The molecule has 0 unspecified atom stereocenters. The van der Waals surface area contributed by atoms with Gasteiger partial charge < -0.3 is 9.64 Å². The number of hydrogen-bond donors (Lipinski definition) is 0. The standard InChI is InChI=1S/C21H30N4O2.2ClH/c26-19(21-13-16-10-17(14-21)12-18(11-16)15-21)27-9-8-24-4-6-25(7-5-24)20-22-2-1-3-23-20;;/h1-3,16-18H,4-15H2;2*1H. The number of esters is 1. The summed E-state index contributed by atoms with van der Waals surface area (Å²) in [5, 5.41) is 0. The van der Waals surface area contributed by atoms with Crippen LogP contribution in [-0.4, -0.2) is 60.2 Å². The lowest BCUT2D eigenvalue weighted by Gasteiger charge is -2.55. The first-order valence-corrected chi connectivity index (χ1v) is 10.6. The second-order valence-electron chi connectivity index (χ2n) is 9.21. The Labute approximate surface area is 185 Å². The summed E-state index contributed by atoms with van der Waals surface area (Å²) in [5.74, 6) is 3.29. The summed E-state index contributed by atoms with van der Waals surface area (Å²) < 4.78 is 5.82. The molecule has 0 spiro atoms. The number of carbonyl (C=O) groups is 1. The lowest BCUT2D eigenvalue weighted by Crippen LogP contribution is -2.51. The van der Waals surface area contributed by atoms with Crippen LogP contribution in [0.5, 0.6) is 0 Å². The fourth-order valence-electron chi connectivity index (χ4n) is 6.41. The number of aromatic nitrogens is 2. The van der Waals surface area contributed by atoms with Crippen molar-refractivity contribution in [3.05, 3.63) is 18.5 Å². The van der Waals surface area contributed by atoms with E-state index >= 15 is 0 Å². The molecule has 1 saturated heterocycles. The van der Waals surface area contributed by atoms with Gasteiger partial charge in [-0.1, -0.05) is 0 Å². The van der Waals surface area contributed by atoms with Crippen molar-refractivity contribution < 1.29 is 9.53 Å². The first kappa shape index (κ1) is 22.6. The highest BCUT2D eigenvalue weighted by Gasteiger charge is 2.55. The molecule has 6 nitrogen and oxygen atoms in total. The molecule has 5 fully saturated rings. The zero-order valence-electron chi connectivity index (χ0n) is 16.9. The molecule has 1 aliphatic heterocycles. The lowest BCUT2D eigenvalue weighted by molar-refractivity contribution is -0.172. The maximum atomic E-state index is 12.9. The minimum atomic E-state index is -0.127. The van der Waals surface area contributed by atoms with Gasteiger partial charge in [0.15, 0.2) is 0 Å². The monoisotopic (exact) mass is 442 g/mol. The van der Waals surface area contributed by atoms with E-state index in [9.17, 15) is 4.79 Å². The minimum Gasteiger partial charge on any atom is -0.464 e. The van der Waals surface area contributed by atoms with Crippen LogP contribution in [0.1, 0.15) is 38.5 Å².